The molecule has 0 aromatic carbocycles. The lowest BCUT2D eigenvalue weighted by Gasteiger charge is -2.06. The molecule has 0 saturated carbocycles. The SMILES string of the molecule is CCNCCCNc1cncc2nnnn12. The molecule has 86 valence electrons. The van der Waals surface area contributed by atoms with Crippen LogP contribution in [0.25, 0.3) is 5.65 Å². The van der Waals surface area contributed by atoms with Crippen LogP contribution in [-0.2, 0) is 0 Å². The molecule has 7 heteroatoms. The standard InChI is InChI=1S/C9H15N7/c1-2-10-4-3-5-12-8-6-11-7-9-13-14-15-16(8)9/h6-7,10,12H,2-5H2,1H3. The first kappa shape index (κ1) is 10.7. The highest BCUT2D eigenvalue weighted by molar-refractivity contribution is 5.43. The molecule has 2 aromatic heterocycles. The maximum atomic E-state index is 4.06. The van der Waals surface area contributed by atoms with E-state index in [9.17, 15) is 0 Å². The Morgan fingerprint density at radius 3 is 3.12 bits per heavy atom. The number of aromatic nitrogens is 5. The van der Waals surface area contributed by atoms with Crippen LogP contribution in [0.5, 0.6) is 0 Å². The maximum Gasteiger partial charge on any atom is 0.199 e. The summed E-state index contributed by atoms with van der Waals surface area (Å²) in [4.78, 5) is 4.06. The topological polar surface area (TPSA) is 80.0 Å². The Kier molecular flexibility index (Phi) is 3.60. The Hall–Kier alpha value is -1.76. The van der Waals surface area contributed by atoms with Crippen LogP contribution in [0.1, 0.15) is 13.3 Å². The third-order valence-corrected chi connectivity index (χ3v) is 2.20. The average Bonchev–Trinajstić information content (AvgIpc) is 2.77. The average molecular weight is 221 g/mol. The molecule has 0 radical (unpaired) electrons. The predicted molar refractivity (Wildman–Crippen MR) is 60.2 cm³/mol. The van der Waals surface area contributed by atoms with E-state index in [0.29, 0.717) is 5.65 Å². The van der Waals surface area contributed by atoms with Crippen molar-refractivity contribution in [1.82, 2.24) is 30.3 Å². The lowest BCUT2D eigenvalue weighted by molar-refractivity contribution is 0.686. The summed E-state index contributed by atoms with van der Waals surface area (Å²) in [6.07, 6.45) is 4.40. The second-order valence-corrected chi connectivity index (χ2v) is 3.38. The molecule has 0 aliphatic heterocycles. The van der Waals surface area contributed by atoms with E-state index in [2.05, 4.69) is 38.1 Å². The zero-order valence-electron chi connectivity index (χ0n) is 9.22. The van der Waals surface area contributed by atoms with Gasteiger partial charge in [-0.3, -0.25) is 4.98 Å². The highest BCUT2D eigenvalue weighted by Crippen LogP contribution is 2.05. The van der Waals surface area contributed by atoms with Crippen LogP contribution in [0.3, 0.4) is 0 Å². The molecule has 0 saturated heterocycles. The van der Waals surface area contributed by atoms with Crippen molar-refractivity contribution in [1.29, 1.82) is 0 Å². The molecule has 2 N–H and O–H groups in total. The number of rotatable bonds is 6. The first-order valence-corrected chi connectivity index (χ1v) is 5.38. The zero-order valence-corrected chi connectivity index (χ0v) is 9.22. The van der Waals surface area contributed by atoms with Crippen molar-refractivity contribution < 1.29 is 0 Å². The van der Waals surface area contributed by atoms with Gasteiger partial charge in [0.25, 0.3) is 0 Å². The van der Waals surface area contributed by atoms with Gasteiger partial charge < -0.3 is 10.6 Å². The third-order valence-electron chi connectivity index (χ3n) is 2.20. The zero-order chi connectivity index (χ0) is 11.2. The summed E-state index contributed by atoms with van der Waals surface area (Å²) >= 11 is 0. The Morgan fingerprint density at radius 2 is 2.25 bits per heavy atom. The van der Waals surface area contributed by atoms with Gasteiger partial charge in [0.15, 0.2) is 5.65 Å². The van der Waals surface area contributed by atoms with Crippen molar-refractivity contribution in [3.63, 3.8) is 0 Å². The molecular weight excluding hydrogens is 206 g/mol. The quantitative estimate of drug-likeness (QED) is 0.665. The smallest absolute Gasteiger partial charge is 0.199 e. The number of anilines is 1. The van der Waals surface area contributed by atoms with E-state index in [4.69, 9.17) is 0 Å². The Balaban J connectivity index is 1.91. The fourth-order valence-electron chi connectivity index (χ4n) is 1.40. The van der Waals surface area contributed by atoms with E-state index >= 15 is 0 Å². The highest BCUT2D eigenvalue weighted by Gasteiger charge is 2.02. The maximum absolute atomic E-state index is 4.06. The van der Waals surface area contributed by atoms with Gasteiger partial charge in [-0.2, -0.15) is 4.52 Å². The summed E-state index contributed by atoms with van der Waals surface area (Å²) in [5.41, 5.74) is 0.650. The lowest BCUT2D eigenvalue weighted by Crippen LogP contribution is -2.18. The number of nitrogens with one attached hydrogen (secondary N) is 2. The van der Waals surface area contributed by atoms with Gasteiger partial charge in [0, 0.05) is 6.54 Å². The molecule has 2 aromatic rings. The van der Waals surface area contributed by atoms with Gasteiger partial charge in [-0.25, -0.2) is 0 Å². The summed E-state index contributed by atoms with van der Waals surface area (Å²) < 4.78 is 1.64. The van der Waals surface area contributed by atoms with E-state index in [1.807, 2.05) is 0 Å². The van der Waals surface area contributed by atoms with Crippen molar-refractivity contribution in [2.45, 2.75) is 13.3 Å². The summed E-state index contributed by atoms with van der Waals surface area (Å²) in [7, 11) is 0. The van der Waals surface area contributed by atoms with Gasteiger partial charge in [-0.1, -0.05) is 6.92 Å². The normalized spacial score (nSPS) is 10.8. The van der Waals surface area contributed by atoms with Crippen LogP contribution >= 0.6 is 0 Å². The van der Waals surface area contributed by atoms with Crippen LogP contribution in [0, 0.1) is 0 Å². The van der Waals surface area contributed by atoms with Crippen LogP contribution in [0.15, 0.2) is 12.4 Å². The Labute approximate surface area is 93.3 Å². The molecule has 0 atom stereocenters. The Bertz CT molecular complexity index is 438. The molecule has 0 fully saturated rings. The van der Waals surface area contributed by atoms with Crippen molar-refractivity contribution in [3.05, 3.63) is 12.4 Å². The molecule has 0 spiro atoms. The fraction of sp³-hybridized carbons (Fsp3) is 0.556. The van der Waals surface area contributed by atoms with E-state index in [-0.39, 0.29) is 0 Å². The van der Waals surface area contributed by atoms with Crippen LogP contribution in [-0.4, -0.2) is 44.7 Å². The van der Waals surface area contributed by atoms with Gasteiger partial charge in [-0.05, 0) is 29.9 Å². The number of tetrazole rings is 1. The molecule has 7 nitrogen and oxygen atoms in total. The minimum atomic E-state index is 0.650. The molecule has 16 heavy (non-hydrogen) atoms. The molecule has 0 amide bonds. The van der Waals surface area contributed by atoms with E-state index in [1.165, 1.54) is 0 Å². The first-order valence-electron chi connectivity index (χ1n) is 5.38. The lowest BCUT2D eigenvalue weighted by atomic mass is 10.4. The number of hydrogen-bond donors (Lipinski definition) is 2. The molecule has 0 bridgehead atoms. The number of fused-ring (bicyclic) bond motifs is 1. The second kappa shape index (κ2) is 5.36. The second-order valence-electron chi connectivity index (χ2n) is 3.38. The van der Waals surface area contributed by atoms with Crippen molar-refractivity contribution >= 4 is 11.5 Å². The van der Waals surface area contributed by atoms with Crippen molar-refractivity contribution in [2.24, 2.45) is 0 Å². The van der Waals surface area contributed by atoms with Gasteiger partial charge in [0.2, 0.25) is 0 Å². The summed E-state index contributed by atoms with van der Waals surface area (Å²) in [5.74, 6) is 0.819. The third kappa shape index (κ3) is 2.43. The molecular formula is C9H15N7. The summed E-state index contributed by atoms with van der Waals surface area (Å²) in [6, 6.07) is 0. The first-order chi connectivity index (χ1) is 7.92. The molecule has 2 heterocycles. The van der Waals surface area contributed by atoms with Gasteiger partial charge >= 0.3 is 0 Å². The van der Waals surface area contributed by atoms with Crippen LogP contribution < -0.4 is 10.6 Å². The summed E-state index contributed by atoms with van der Waals surface area (Å²) in [5, 5.41) is 17.8. The fourth-order valence-corrected chi connectivity index (χ4v) is 1.40. The van der Waals surface area contributed by atoms with Crippen LogP contribution in [0.4, 0.5) is 5.82 Å². The molecule has 0 aliphatic carbocycles. The molecule has 0 unspecified atom stereocenters. The Morgan fingerprint density at radius 1 is 1.31 bits per heavy atom. The van der Waals surface area contributed by atoms with Gasteiger partial charge in [0.05, 0.1) is 12.4 Å². The minimum Gasteiger partial charge on any atom is -0.369 e. The van der Waals surface area contributed by atoms with Gasteiger partial charge in [-0.15, -0.1) is 5.10 Å². The number of hydrogen-bond acceptors (Lipinski definition) is 6. The highest BCUT2D eigenvalue weighted by atomic mass is 15.5. The largest absolute Gasteiger partial charge is 0.369 e. The molecule has 2 rings (SSSR count). The molecule has 0 aliphatic rings. The monoisotopic (exact) mass is 221 g/mol. The van der Waals surface area contributed by atoms with Crippen LogP contribution in [0.2, 0.25) is 0 Å². The summed E-state index contributed by atoms with van der Waals surface area (Å²) in [6.45, 7) is 4.97. The van der Waals surface area contributed by atoms with Crippen molar-refractivity contribution in [2.75, 3.05) is 25.0 Å². The van der Waals surface area contributed by atoms with E-state index in [0.717, 1.165) is 31.9 Å². The van der Waals surface area contributed by atoms with E-state index < -0.39 is 0 Å². The minimum absolute atomic E-state index is 0.650. The van der Waals surface area contributed by atoms with Crippen molar-refractivity contribution in [3.8, 4) is 0 Å². The van der Waals surface area contributed by atoms with Gasteiger partial charge in [0.1, 0.15) is 5.82 Å². The predicted octanol–water partition coefficient (Wildman–Crippen LogP) is -0.0692. The number of nitrogens with zero attached hydrogens (tertiary/aromatic N) is 5. The van der Waals surface area contributed by atoms with E-state index in [1.54, 1.807) is 16.9 Å².